The highest BCUT2D eigenvalue weighted by Crippen LogP contribution is 2.10. The maximum absolute atomic E-state index is 3.35. The third-order valence-corrected chi connectivity index (χ3v) is 3.94. The molecule has 0 aliphatic rings. The van der Waals surface area contributed by atoms with Gasteiger partial charge in [0.05, 0.1) is 0 Å². The Morgan fingerprint density at radius 3 is 1.05 bits per heavy atom. The van der Waals surface area contributed by atoms with Crippen molar-refractivity contribution in [2.24, 2.45) is 0 Å². The molecule has 0 saturated heterocycles. The van der Waals surface area contributed by atoms with Crippen LogP contribution in [-0.2, 0) is 0 Å². The second-order valence-electron chi connectivity index (χ2n) is 6.10. The molecule has 0 spiro atoms. The van der Waals surface area contributed by atoms with Crippen LogP contribution < -0.4 is 0 Å². The molecule has 20 heavy (non-hydrogen) atoms. The van der Waals surface area contributed by atoms with Crippen molar-refractivity contribution in [1.29, 1.82) is 0 Å². The zero-order valence-corrected chi connectivity index (χ0v) is 14.3. The highest BCUT2D eigenvalue weighted by molar-refractivity contribution is 4.98. The Morgan fingerprint density at radius 1 is 0.400 bits per heavy atom. The standard InChI is InChI=1S/C20H38/c1-3-5-7-9-11-13-15-17-19-20-18-16-14-12-10-8-6-4-2/h3-15,17,19-20H2,1-2H3. The summed E-state index contributed by atoms with van der Waals surface area (Å²) in [4.78, 5) is 0. The third kappa shape index (κ3) is 17.6. The molecule has 0 aromatic carbocycles. The van der Waals surface area contributed by atoms with E-state index in [0.717, 1.165) is 12.8 Å². The first kappa shape index (κ1) is 19.6. The Hall–Kier alpha value is -0.440. The van der Waals surface area contributed by atoms with Crippen molar-refractivity contribution in [3.63, 3.8) is 0 Å². The highest BCUT2D eigenvalue weighted by atomic mass is 14.0. The van der Waals surface area contributed by atoms with Gasteiger partial charge < -0.3 is 0 Å². The van der Waals surface area contributed by atoms with Crippen molar-refractivity contribution in [2.75, 3.05) is 0 Å². The van der Waals surface area contributed by atoms with Gasteiger partial charge in [0.25, 0.3) is 0 Å². The van der Waals surface area contributed by atoms with E-state index in [0.29, 0.717) is 0 Å². The molecular weight excluding hydrogens is 240 g/mol. The van der Waals surface area contributed by atoms with E-state index in [1.54, 1.807) is 0 Å². The van der Waals surface area contributed by atoms with Gasteiger partial charge in [-0.05, 0) is 12.8 Å². The number of hydrogen-bond donors (Lipinski definition) is 0. The van der Waals surface area contributed by atoms with E-state index in [1.165, 1.54) is 89.9 Å². The number of rotatable bonds is 14. The maximum Gasteiger partial charge on any atom is 0.00886 e. The quantitative estimate of drug-likeness (QED) is 0.231. The lowest BCUT2D eigenvalue weighted by Gasteiger charge is -2.00. The lowest BCUT2D eigenvalue weighted by atomic mass is 10.1. The van der Waals surface area contributed by atoms with Crippen LogP contribution in [0.1, 0.15) is 117 Å². The van der Waals surface area contributed by atoms with Crippen LogP contribution in [-0.4, -0.2) is 0 Å². The fourth-order valence-electron chi connectivity index (χ4n) is 2.52. The van der Waals surface area contributed by atoms with Crippen molar-refractivity contribution in [2.45, 2.75) is 117 Å². The summed E-state index contributed by atoms with van der Waals surface area (Å²) in [7, 11) is 0. The normalized spacial score (nSPS) is 10.3. The lowest BCUT2D eigenvalue weighted by molar-refractivity contribution is 0.567. The summed E-state index contributed by atoms with van der Waals surface area (Å²) in [6, 6.07) is 0. The zero-order valence-electron chi connectivity index (χ0n) is 14.3. The molecule has 0 heterocycles. The third-order valence-electron chi connectivity index (χ3n) is 3.94. The predicted molar refractivity (Wildman–Crippen MR) is 93.0 cm³/mol. The van der Waals surface area contributed by atoms with Crippen molar-refractivity contribution in [3.05, 3.63) is 0 Å². The molecule has 0 aliphatic carbocycles. The molecule has 0 aromatic rings. The minimum absolute atomic E-state index is 1.13. The second-order valence-corrected chi connectivity index (χ2v) is 6.10. The van der Waals surface area contributed by atoms with Gasteiger partial charge in [-0.1, -0.05) is 90.9 Å². The van der Waals surface area contributed by atoms with Crippen LogP contribution in [0.15, 0.2) is 0 Å². The van der Waals surface area contributed by atoms with Crippen LogP contribution in [0.4, 0.5) is 0 Å². The molecule has 0 rings (SSSR count). The van der Waals surface area contributed by atoms with Gasteiger partial charge in [0.2, 0.25) is 0 Å². The molecular formula is C20H38. The summed E-state index contributed by atoms with van der Waals surface area (Å²) < 4.78 is 0. The molecule has 0 N–H and O–H groups in total. The summed E-state index contributed by atoms with van der Waals surface area (Å²) in [6.45, 7) is 4.55. The van der Waals surface area contributed by atoms with Gasteiger partial charge in [0, 0.05) is 12.8 Å². The zero-order chi connectivity index (χ0) is 14.7. The van der Waals surface area contributed by atoms with E-state index >= 15 is 0 Å². The topological polar surface area (TPSA) is 0 Å². The average molecular weight is 279 g/mol. The van der Waals surface area contributed by atoms with Gasteiger partial charge in [-0.25, -0.2) is 0 Å². The molecule has 0 heteroatoms. The van der Waals surface area contributed by atoms with Crippen molar-refractivity contribution in [1.82, 2.24) is 0 Å². The van der Waals surface area contributed by atoms with Gasteiger partial charge >= 0.3 is 0 Å². The summed E-state index contributed by atoms with van der Waals surface area (Å²) >= 11 is 0. The molecule has 0 radical (unpaired) electrons. The SMILES string of the molecule is CCCCCCCC#CCCCCCCCCCCC. The molecule has 0 amide bonds. The van der Waals surface area contributed by atoms with E-state index in [4.69, 9.17) is 0 Å². The van der Waals surface area contributed by atoms with Crippen LogP contribution in [0.5, 0.6) is 0 Å². The van der Waals surface area contributed by atoms with Crippen LogP contribution in [0.3, 0.4) is 0 Å². The monoisotopic (exact) mass is 278 g/mol. The molecule has 0 fully saturated rings. The maximum atomic E-state index is 3.35. The summed E-state index contributed by atoms with van der Waals surface area (Å²) in [6.07, 6.45) is 21.8. The predicted octanol–water partition coefficient (Wildman–Crippen LogP) is 7.27. The van der Waals surface area contributed by atoms with Crippen molar-refractivity contribution < 1.29 is 0 Å². The first-order valence-electron chi connectivity index (χ1n) is 9.37. The largest absolute Gasteiger partial charge is 0.103 e. The summed E-state index contributed by atoms with van der Waals surface area (Å²) in [5.41, 5.74) is 0. The highest BCUT2D eigenvalue weighted by Gasteiger charge is 1.91. The molecule has 0 saturated carbocycles. The Balaban J connectivity index is 3.05. The Bertz CT molecular complexity index is 218. The molecule has 0 aromatic heterocycles. The minimum atomic E-state index is 1.13. The first-order chi connectivity index (χ1) is 9.91. The molecule has 0 aliphatic heterocycles. The molecule has 0 bridgehead atoms. The first-order valence-corrected chi connectivity index (χ1v) is 9.37. The van der Waals surface area contributed by atoms with Gasteiger partial charge in [-0.3, -0.25) is 0 Å². The molecule has 0 unspecified atom stereocenters. The van der Waals surface area contributed by atoms with E-state index in [2.05, 4.69) is 25.7 Å². The van der Waals surface area contributed by atoms with E-state index in [1.807, 2.05) is 0 Å². The van der Waals surface area contributed by atoms with Crippen LogP contribution in [0.25, 0.3) is 0 Å². The van der Waals surface area contributed by atoms with Crippen LogP contribution in [0, 0.1) is 11.8 Å². The smallest absolute Gasteiger partial charge is 0.00886 e. The van der Waals surface area contributed by atoms with Gasteiger partial charge in [-0.2, -0.15) is 0 Å². The molecule has 118 valence electrons. The fourth-order valence-corrected chi connectivity index (χ4v) is 2.52. The van der Waals surface area contributed by atoms with Crippen LogP contribution in [0.2, 0.25) is 0 Å². The van der Waals surface area contributed by atoms with E-state index < -0.39 is 0 Å². The van der Waals surface area contributed by atoms with Gasteiger partial charge in [-0.15, -0.1) is 11.8 Å². The average Bonchev–Trinajstić information content (AvgIpc) is 2.47. The fraction of sp³-hybridized carbons (Fsp3) is 0.900. The molecule has 0 nitrogen and oxygen atoms in total. The summed E-state index contributed by atoms with van der Waals surface area (Å²) in [5, 5.41) is 0. The Kier molecular flexibility index (Phi) is 18.2. The number of hydrogen-bond acceptors (Lipinski definition) is 0. The van der Waals surface area contributed by atoms with Crippen LogP contribution >= 0.6 is 0 Å². The number of unbranched alkanes of at least 4 members (excludes halogenated alkanes) is 14. The Morgan fingerprint density at radius 2 is 0.700 bits per heavy atom. The van der Waals surface area contributed by atoms with Crippen molar-refractivity contribution in [3.8, 4) is 11.8 Å². The summed E-state index contributed by atoms with van der Waals surface area (Å²) in [5.74, 6) is 6.68. The lowest BCUT2D eigenvalue weighted by Crippen LogP contribution is -1.81. The van der Waals surface area contributed by atoms with Gasteiger partial charge in [0.1, 0.15) is 0 Å². The van der Waals surface area contributed by atoms with Crippen molar-refractivity contribution >= 4 is 0 Å². The molecule has 0 atom stereocenters. The second kappa shape index (κ2) is 18.6. The minimum Gasteiger partial charge on any atom is -0.103 e. The van der Waals surface area contributed by atoms with E-state index in [9.17, 15) is 0 Å². The Labute approximate surface area is 129 Å². The van der Waals surface area contributed by atoms with E-state index in [-0.39, 0.29) is 0 Å². The van der Waals surface area contributed by atoms with Gasteiger partial charge in [0.15, 0.2) is 0 Å².